The second-order valence-corrected chi connectivity index (χ2v) is 10.3. The number of hydrogen-bond acceptors (Lipinski definition) is 8. The van der Waals surface area contributed by atoms with Crippen LogP contribution < -0.4 is 10.0 Å². The van der Waals surface area contributed by atoms with Gasteiger partial charge in [0.25, 0.3) is 0 Å². The van der Waals surface area contributed by atoms with E-state index in [1.807, 2.05) is 0 Å². The van der Waals surface area contributed by atoms with E-state index in [0.717, 1.165) is 49.4 Å². The molecule has 0 radical (unpaired) electrons. The van der Waals surface area contributed by atoms with Crippen LogP contribution in [-0.2, 0) is 10.0 Å². The van der Waals surface area contributed by atoms with Crippen molar-refractivity contribution in [1.82, 2.24) is 15.0 Å². The average molecular weight is 460 g/mol. The minimum absolute atomic E-state index is 0.102. The van der Waals surface area contributed by atoms with Crippen LogP contribution in [0.25, 0.3) is 0 Å². The molecule has 12 heteroatoms. The molecule has 3 N–H and O–H groups in total. The summed E-state index contributed by atoms with van der Waals surface area (Å²) in [5, 5.41) is 12.3. The molecule has 2 atom stereocenters. The van der Waals surface area contributed by atoms with Crippen LogP contribution in [-0.4, -0.2) is 47.4 Å². The van der Waals surface area contributed by atoms with Crippen LogP contribution in [0.4, 0.5) is 20.7 Å². The fourth-order valence-electron chi connectivity index (χ4n) is 2.86. The van der Waals surface area contributed by atoms with Gasteiger partial charge in [0.2, 0.25) is 21.9 Å². The molecule has 0 aliphatic heterocycles. The molecule has 1 aromatic carbocycles. The monoisotopic (exact) mass is 459 g/mol. The quantitative estimate of drug-likeness (QED) is 0.464. The largest absolute Gasteiger partial charge is 0.394 e. The molecular formula is C18H23F2N5O3S2. The normalized spacial score (nSPS) is 16.2. The minimum Gasteiger partial charge on any atom is -0.394 e. The van der Waals surface area contributed by atoms with Crippen molar-refractivity contribution < 1.29 is 22.3 Å². The number of nitrogens with one attached hydrogen (secondary N) is 2. The number of aromatic nitrogens is 3. The highest BCUT2D eigenvalue weighted by Crippen LogP contribution is 2.36. The summed E-state index contributed by atoms with van der Waals surface area (Å²) < 4.78 is 52.7. The van der Waals surface area contributed by atoms with Gasteiger partial charge in [0, 0.05) is 16.9 Å². The van der Waals surface area contributed by atoms with Gasteiger partial charge in [-0.15, -0.1) is 0 Å². The van der Waals surface area contributed by atoms with E-state index in [0.29, 0.717) is 5.92 Å². The molecule has 0 spiro atoms. The number of rotatable bonds is 10. The molecule has 1 saturated carbocycles. The predicted molar refractivity (Wildman–Crippen MR) is 111 cm³/mol. The fourth-order valence-corrected chi connectivity index (χ4v) is 4.19. The first-order valence-corrected chi connectivity index (χ1v) is 12.1. The first-order chi connectivity index (χ1) is 14.1. The number of nitrogens with zero attached hydrogens (tertiary/aromatic N) is 3. The summed E-state index contributed by atoms with van der Waals surface area (Å²) in [6.45, 7) is 1.57. The van der Waals surface area contributed by atoms with E-state index >= 15 is 0 Å². The molecule has 1 aliphatic rings. The van der Waals surface area contributed by atoms with Crippen molar-refractivity contribution in [3.63, 3.8) is 0 Å². The Hall–Kier alpha value is -2.05. The molecule has 2 aromatic rings. The second kappa shape index (κ2) is 9.40. The Morgan fingerprint density at radius 2 is 1.93 bits per heavy atom. The Labute approximate surface area is 178 Å². The van der Waals surface area contributed by atoms with E-state index in [1.54, 1.807) is 6.92 Å². The summed E-state index contributed by atoms with van der Waals surface area (Å²) in [4.78, 5) is 12.4. The van der Waals surface area contributed by atoms with Gasteiger partial charge in [-0.25, -0.2) is 17.2 Å². The topological polar surface area (TPSA) is 117 Å². The number of aliphatic hydroxyl groups is 1. The zero-order valence-corrected chi connectivity index (χ0v) is 18.1. The first kappa shape index (κ1) is 22.6. The molecule has 1 aliphatic carbocycles. The molecule has 8 nitrogen and oxygen atoms in total. The van der Waals surface area contributed by atoms with E-state index in [2.05, 4.69) is 25.0 Å². The Balaban J connectivity index is 1.84. The summed E-state index contributed by atoms with van der Waals surface area (Å²) in [5.41, 5.74) is 0.260. The maximum absolute atomic E-state index is 14.1. The molecule has 0 bridgehead atoms. The van der Waals surface area contributed by atoms with Crippen molar-refractivity contribution in [3.05, 3.63) is 35.4 Å². The van der Waals surface area contributed by atoms with Crippen LogP contribution in [0.5, 0.6) is 0 Å². The average Bonchev–Trinajstić information content (AvgIpc) is 3.43. The minimum atomic E-state index is -3.64. The summed E-state index contributed by atoms with van der Waals surface area (Å²) in [5.74, 6) is -0.912. The van der Waals surface area contributed by atoms with Crippen molar-refractivity contribution in [2.75, 3.05) is 22.9 Å². The summed E-state index contributed by atoms with van der Waals surface area (Å²) in [6.07, 6.45) is 3.93. The van der Waals surface area contributed by atoms with Gasteiger partial charge in [-0.05, 0) is 25.3 Å². The van der Waals surface area contributed by atoms with Gasteiger partial charge in [-0.1, -0.05) is 30.7 Å². The molecule has 1 heterocycles. The van der Waals surface area contributed by atoms with E-state index < -0.39 is 26.9 Å². The molecular weight excluding hydrogens is 436 g/mol. The highest BCUT2D eigenvalue weighted by atomic mass is 32.2. The standard InChI is InChI=1S/C18H23F2N5O3S2/c1-10(14-6-5-12(19)8-15(14)20)29-18-23-16(21-13(9-26)7-11-3-4-11)22-17(24-18)25-30(2,27)28/h5-6,8,10-11,13,26H,3-4,7,9H2,1-2H3,(H2,21,22,23,24,25)/t10?,13-/m1/s1. The number of hydrogen-bond donors (Lipinski definition) is 3. The molecule has 0 amide bonds. The van der Waals surface area contributed by atoms with Crippen molar-refractivity contribution in [3.8, 4) is 0 Å². The maximum atomic E-state index is 14.1. The lowest BCUT2D eigenvalue weighted by Crippen LogP contribution is -2.26. The number of benzene rings is 1. The third-order valence-corrected chi connectivity index (χ3v) is 6.00. The van der Waals surface area contributed by atoms with Gasteiger partial charge >= 0.3 is 0 Å². The molecule has 30 heavy (non-hydrogen) atoms. The maximum Gasteiger partial charge on any atom is 0.242 e. The van der Waals surface area contributed by atoms with Gasteiger partial charge in [0.05, 0.1) is 18.9 Å². The lowest BCUT2D eigenvalue weighted by atomic mass is 10.1. The Kier molecular flexibility index (Phi) is 7.09. The van der Waals surface area contributed by atoms with Crippen molar-refractivity contribution in [2.24, 2.45) is 5.92 Å². The number of aliphatic hydroxyl groups excluding tert-OH is 1. The predicted octanol–water partition coefficient (Wildman–Crippen LogP) is 2.95. The molecule has 1 aromatic heterocycles. The zero-order chi connectivity index (χ0) is 21.9. The molecule has 164 valence electrons. The van der Waals surface area contributed by atoms with Gasteiger partial charge in [-0.2, -0.15) is 15.0 Å². The van der Waals surface area contributed by atoms with Crippen LogP contribution >= 0.6 is 11.8 Å². The van der Waals surface area contributed by atoms with E-state index in [9.17, 15) is 22.3 Å². The molecule has 1 unspecified atom stereocenters. The Bertz CT molecular complexity index is 1010. The molecule has 1 fully saturated rings. The number of sulfonamides is 1. The van der Waals surface area contributed by atoms with Gasteiger partial charge in [-0.3, -0.25) is 4.72 Å². The highest BCUT2D eigenvalue weighted by molar-refractivity contribution is 7.99. The SMILES string of the molecule is CC(Sc1nc(N[C@@H](CO)CC2CC2)nc(NS(C)(=O)=O)n1)c1ccc(F)cc1F. The summed E-state index contributed by atoms with van der Waals surface area (Å²) >= 11 is 1.07. The van der Waals surface area contributed by atoms with E-state index in [-0.39, 0.29) is 35.3 Å². The second-order valence-electron chi connectivity index (χ2n) is 7.27. The smallest absolute Gasteiger partial charge is 0.242 e. The van der Waals surface area contributed by atoms with Gasteiger partial charge in [0.1, 0.15) is 11.6 Å². The van der Waals surface area contributed by atoms with Crippen LogP contribution in [0.15, 0.2) is 23.4 Å². The van der Waals surface area contributed by atoms with Crippen LogP contribution in [0.3, 0.4) is 0 Å². The Morgan fingerprint density at radius 3 is 2.53 bits per heavy atom. The summed E-state index contributed by atoms with van der Waals surface area (Å²) in [6, 6.07) is 3.02. The molecule has 3 rings (SSSR count). The van der Waals surface area contributed by atoms with Crippen molar-refractivity contribution in [2.45, 2.75) is 42.6 Å². The van der Waals surface area contributed by atoms with Crippen LogP contribution in [0.2, 0.25) is 0 Å². The van der Waals surface area contributed by atoms with E-state index in [1.165, 1.54) is 6.07 Å². The lowest BCUT2D eigenvalue weighted by molar-refractivity contribution is 0.264. The molecule has 0 saturated heterocycles. The third-order valence-electron chi connectivity index (χ3n) is 4.44. The first-order valence-electron chi connectivity index (χ1n) is 9.36. The Morgan fingerprint density at radius 1 is 1.23 bits per heavy atom. The van der Waals surface area contributed by atoms with Crippen LogP contribution in [0.1, 0.15) is 37.0 Å². The fraction of sp³-hybridized carbons (Fsp3) is 0.500. The van der Waals surface area contributed by atoms with Crippen molar-refractivity contribution >= 4 is 33.7 Å². The van der Waals surface area contributed by atoms with Crippen molar-refractivity contribution in [1.29, 1.82) is 0 Å². The van der Waals surface area contributed by atoms with Gasteiger partial charge in [0.15, 0.2) is 5.16 Å². The zero-order valence-electron chi connectivity index (χ0n) is 16.5. The summed E-state index contributed by atoms with van der Waals surface area (Å²) in [7, 11) is -3.64. The number of halogens is 2. The van der Waals surface area contributed by atoms with Gasteiger partial charge < -0.3 is 10.4 Å². The highest BCUT2D eigenvalue weighted by Gasteiger charge is 2.26. The number of thioether (sulfide) groups is 1. The number of anilines is 2. The van der Waals surface area contributed by atoms with Crippen LogP contribution in [0, 0.1) is 17.6 Å². The van der Waals surface area contributed by atoms with E-state index in [4.69, 9.17) is 0 Å². The lowest BCUT2D eigenvalue weighted by Gasteiger charge is -2.17. The third kappa shape index (κ3) is 6.74.